The van der Waals surface area contributed by atoms with Gasteiger partial charge in [-0.05, 0) is 24.8 Å². The molecule has 100 valence electrons. The van der Waals surface area contributed by atoms with Gasteiger partial charge in [-0.3, -0.25) is 0 Å². The first-order chi connectivity index (χ1) is 8.90. The van der Waals surface area contributed by atoms with Crippen molar-refractivity contribution in [3.63, 3.8) is 0 Å². The lowest BCUT2D eigenvalue weighted by molar-refractivity contribution is -0.161. The maximum atomic E-state index is 5.91. The van der Waals surface area contributed by atoms with E-state index in [1.54, 1.807) is 7.11 Å². The molecule has 1 aromatic carbocycles. The van der Waals surface area contributed by atoms with Crippen molar-refractivity contribution in [3.8, 4) is 0 Å². The zero-order valence-electron chi connectivity index (χ0n) is 11.3. The van der Waals surface area contributed by atoms with Crippen molar-refractivity contribution in [2.75, 3.05) is 13.7 Å². The van der Waals surface area contributed by atoms with Gasteiger partial charge < -0.3 is 9.47 Å². The molecule has 1 aromatic rings. The zero-order chi connectivity index (χ0) is 12.6. The predicted octanol–water partition coefficient (Wildman–Crippen LogP) is 3.80. The third kappa shape index (κ3) is 4.11. The molecular weight excluding hydrogens is 224 g/mol. The lowest BCUT2D eigenvalue weighted by Gasteiger charge is -2.29. The van der Waals surface area contributed by atoms with E-state index in [1.165, 1.54) is 37.7 Å². The lowest BCUT2D eigenvalue weighted by atomic mass is 9.89. The summed E-state index contributed by atoms with van der Waals surface area (Å²) in [4.78, 5) is 0. The van der Waals surface area contributed by atoms with E-state index in [0.29, 0.717) is 5.92 Å². The highest BCUT2D eigenvalue weighted by Crippen LogP contribution is 2.28. The van der Waals surface area contributed by atoms with E-state index in [2.05, 4.69) is 24.3 Å². The first-order valence-corrected chi connectivity index (χ1v) is 7.08. The number of methoxy groups -OCH3 is 1. The Kier molecular flexibility index (Phi) is 5.69. The van der Waals surface area contributed by atoms with Crippen LogP contribution in [-0.2, 0) is 15.9 Å². The second-order valence-electron chi connectivity index (χ2n) is 5.11. The highest BCUT2D eigenvalue weighted by molar-refractivity contribution is 5.14. The molecule has 0 radical (unpaired) electrons. The minimum Gasteiger partial charge on any atom is -0.356 e. The molecule has 0 aromatic heterocycles. The Morgan fingerprint density at radius 1 is 1.11 bits per heavy atom. The maximum Gasteiger partial charge on any atom is 0.159 e. The minimum atomic E-state index is -0.00554. The van der Waals surface area contributed by atoms with Crippen LogP contribution < -0.4 is 0 Å². The van der Waals surface area contributed by atoms with E-state index >= 15 is 0 Å². The molecule has 1 fully saturated rings. The summed E-state index contributed by atoms with van der Waals surface area (Å²) < 4.78 is 11.4. The molecule has 0 saturated heterocycles. The van der Waals surface area contributed by atoms with E-state index in [-0.39, 0.29) is 6.29 Å². The van der Waals surface area contributed by atoms with Gasteiger partial charge in [-0.25, -0.2) is 0 Å². The number of benzene rings is 1. The molecule has 1 unspecified atom stereocenters. The van der Waals surface area contributed by atoms with E-state index in [9.17, 15) is 0 Å². The molecule has 0 heterocycles. The lowest BCUT2D eigenvalue weighted by Crippen LogP contribution is -2.28. The van der Waals surface area contributed by atoms with Crippen LogP contribution in [0.15, 0.2) is 30.3 Å². The fraction of sp³-hybridized carbons (Fsp3) is 0.625. The summed E-state index contributed by atoms with van der Waals surface area (Å²) >= 11 is 0. The zero-order valence-corrected chi connectivity index (χ0v) is 11.3. The van der Waals surface area contributed by atoms with Crippen molar-refractivity contribution in [2.45, 2.75) is 44.8 Å². The largest absolute Gasteiger partial charge is 0.356 e. The summed E-state index contributed by atoms with van der Waals surface area (Å²) in [6.07, 6.45) is 7.49. The van der Waals surface area contributed by atoms with Gasteiger partial charge in [-0.2, -0.15) is 0 Å². The van der Waals surface area contributed by atoms with Crippen LogP contribution in [0, 0.1) is 5.92 Å². The Morgan fingerprint density at radius 3 is 2.50 bits per heavy atom. The quantitative estimate of drug-likeness (QED) is 0.713. The normalized spacial score (nSPS) is 18.7. The Morgan fingerprint density at radius 2 is 1.83 bits per heavy atom. The first kappa shape index (κ1) is 13.6. The van der Waals surface area contributed by atoms with Crippen molar-refractivity contribution in [2.24, 2.45) is 5.92 Å². The number of hydrogen-bond donors (Lipinski definition) is 0. The standard InChI is InChI=1S/C16H24O2/c1-17-16(15-10-6-3-7-11-15)18-13-12-14-8-4-2-5-9-14/h2,4-5,8-9,15-16H,3,6-7,10-13H2,1H3. The number of ether oxygens (including phenoxy) is 2. The van der Waals surface area contributed by atoms with E-state index in [0.717, 1.165) is 13.0 Å². The van der Waals surface area contributed by atoms with Gasteiger partial charge in [0.2, 0.25) is 0 Å². The third-order valence-corrected chi connectivity index (χ3v) is 3.78. The van der Waals surface area contributed by atoms with E-state index in [4.69, 9.17) is 9.47 Å². The fourth-order valence-electron chi connectivity index (χ4n) is 2.74. The van der Waals surface area contributed by atoms with Crippen molar-refractivity contribution in [3.05, 3.63) is 35.9 Å². The van der Waals surface area contributed by atoms with Crippen LogP contribution in [-0.4, -0.2) is 20.0 Å². The summed E-state index contributed by atoms with van der Waals surface area (Å²) in [5.74, 6) is 0.597. The van der Waals surface area contributed by atoms with Crippen LogP contribution >= 0.6 is 0 Å². The molecule has 2 rings (SSSR count). The SMILES string of the molecule is COC(OCCc1ccccc1)C1CCCCC1. The molecule has 18 heavy (non-hydrogen) atoms. The number of rotatable bonds is 6. The van der Waals surface area contributed by atoms with Crippen LogP contribution in [0.1, 0.15) is 37.7 Å². The molecule has 2 nitrogen and oxygen atoms in total. The van der Waals surface area contributed by atoms with Crippen LogP contribution in [0.25, 0.3) is 0 Å². The molecule has 1 atom stereocenters. The Balaban J connectivity index is 1.73. The van der Waals surface area contributed by atoms with Crippen molar-refractivity contribution >= 4 is 0 Å². The van der Waals surface area contributed by atoms with Gasteiger partial charge in [0.15, 0.2) is 6.29 Å². The first-order valence-electron chi connectivity index (χ1n) is 7.08. The molecule has 1 aliphatic carbocycles. The molecular formula is C16H24O2. The molecule has 1 aliphatic rings. The van der Waals surface area contributed by atoms with Crippen molar-refractivity contribution < 1.29 is 9.47 Å². The number of hydrogen-bond acceptors (Lipinski definition) is 2. The summed E-state index contributed by atoms with van der Waals surface area (Å²) in [6, 6.07) is 10.5. The smallest absolute Gasteiger partial charge is 0.159 e. The third-order valence-electron chi connectivity index (χ3n) is 3.78. The molecule has 2 heteroatoms. The van der Waals surface area contributed by atoms with E-state index in [1.807, 2.05) is 6.07 Å². The minimum absolute atomic E-state index is 0.00554. The van der Waals surface area contributed by atoms with Gasteiger partial charge in [0.25, 0.3) is 0 Å². The van der Waals surface area contributed by atoms with Crippen molar-refractivity contribution in [1.29, 1.82) is 0 Å². The maximum absolute atomic E-state index is 5.91. The molecule has 0 amide bonds. The highest BCUT2D eigenvalue weighted by atomic mass is 16.7. The van der Waals surface area contributed by atoms with Gasteiger partial charge in [0, 0.05) is 13.0 Å². The average molecular weight is 248 g/mol. The topological polar surface area (TPSA) is 18.5 Å². The van der Waals surface area contributed by atoms with Gasteiger partial charge >= 0.3 is 0 Å². The molecule has 0 aliphatic heterocycles. The van der Waals surface area contributed by atoms with Gasteiger partial charge in [0.1, 0.15) is 0 Å². The van der Waals surface area contributed by atoms with Crippen LogP contribution in [0.3, 0.4) is 0 Å². The Bertz CT molecular complexity index is 317. The summed E-state index contributed by atoms with van der Waals surface area (Å²) in [6.45, 7) is 0.749. The Labute approximate surface area is 110 Å². The van der Waals surface area contributed by atoms with Gasteiger partial charge in [0.05, 0.1) is 6.61 Å². The second-order valence-corrected chi connectivity index (χ2v) is 5.11. The second kappa shape index (κ2) is 7.55. The fourth-order valence-corrected chi connectivity index (χ4v) is 2.74. The van der Waals surface area contributed by atoms with Crippen LogP contribution in [0.4, 0.5) is 0 Å². The van der Waals surface area contributed by atoms with Crippen molar-refractivity contribution in [1.82, 2.24) is 0 Å². The van der Waals surface area contributed by atoms with Crippen LogP contribution in [0.2, 0.25) is 0 Å². The van der Waals surface area contributed by atoms with Gasteiger partial charge in [-0.15, -0.1) is 0 Å². The summed E-state index contributed by atoms with van der Waals surface area (Å²) in [5, 5.41) is 0. The molecule has 0 N–H and O–H groups in total. The summed E-state index contributed by atoms with van der Waals surface area (Å²) in [7, 11) is 1.77. The van der Waals surface area contributed by atoms with Gasteiger partial charge in [-0.1, -0.05) is 49.6 Å². The van der Waals surface area contributed by atoms with Crippen LogP contribution in [0.5, 0.6) is 0 Å². The average Bonchev–Trinajstić information content (AvgIpc) is 2.46. The predicted molar refractivity (Wildman–Crippen MR) is 73.5 cm³/mol. The molecule has 0 spiro atoms. The summed E-state index contributed by atoms with van der Waals surface area (Å²) in [5.41, 5.74) is 1.33. The molecule has 0 bridgehead atoms. The Hall–Kier alpha value is -0.860. The monoisotopic (exact) mass is 248 g/mol. The van der Waals surface area contributed by atoms with E-state index < -0.39 is 0 Å². The highest BCUT2D eigenvalue weighted by Gasteiger charge is 2.23. The molecule has 1 saturated carbocycles.